The van der Waals surface area contributed by atoms with Crippen LogP contribution in [0.4, 0.5) is 0 Å². The molecule has 0 aromatic heterocycles. The predicted octanol–water partition coefficient (Wildman–Crippen LogP) is 2.10. The van der Waals surface area contributed by atoms with Crippen LogP contribution in [0.5, 0.6) is 0 Å². The van der Waals surface area contributed by atoms with Crippen LogP contribution in [0.25, 0.3) is 12.2 Å². The molecule has 0 atom stereocenters. The van der Waals surface area contributed by atoms with E-state index in [4.69, 9.17) is 10.5 Å². The molecule has 130 valence electrons. The van der Waals surface area contributed by atoms with Crippen LogP contribution in [0.1, 0.15) is 11.1 Å². The number of benzene rings is 1. The lowest BCUT2D eigenvalue weighted by Gasteiger charge is -2.03. The van der Waals surface area contributed by atoms with E-state index in [1.54, 1.807) is 24.3 Å². The monoisotopic (exact) mass is 346 g/mol. The summed E-state index contributed by atoms with van der Waals surface area (Å²) in [5.74, 6) is -1.01. The van der Waals surface area contributed by atoms with Crippen molar-refractivity contribution in [2.75, 3.05) is 13.1 Å². The van der Waals surface area contributed by atoms with Crippen LogP contribution in [-0.2, 0) is 9.59 Å². The van der Waals surface area contributed by atoms with Crippen molar-refractivity contribution in [1.82, 2.24) is 10.6 Å². The quantitative estimate of drug-likeness (QED) is 0.427. The van der Waals surface area contributed by atoms with Gasteiger partial charge in [0.1, 0.15) is 23.3 Å². The van der Waals surface area contributed by atoms with Gasteiger partial charge in [0.25, 0.3) is 11.8 Å². The zero-order valence-corrected chi connectivity index (χ0v) is 14.2. The van der Waals surface area contributed by atoms with Crippen LogP contribution >= 0.6 is 0 Å². The number of carbonyl (C=O) groups is 2. The third-order valence-electron chi connectivity index (χ3n) is 3.08. The van der Waals surface area contributed by atoms with Gasteiger partial charge in [-0.1, -0.05) is 30.4 Å². The maximum absolute atomic E-state index is 11.9. The van der Waals surface area contributed by atoms with E-state index in [9.17, 15) is 9.59 Å². The van der Waals surface area contributed by atoms with Crippen molar-refractivity contribution in [2.45, 2.75) is 0 Å². The molecular weight excluding hydrogens is 328 g/mol. The third-order valence-corrected chi connectivity index (χ3v) is 3.08. The maximum atomic E-state index is 11.9. The first-order valence-corrected chi connectivity index (χ1v) is 7.67. The summed E-state index contributed by atoms with van der Waals surface area (Å²) in [5, 5.41) is 23.3. The highest BCUT2D eigenvalue weighted by molar-refractivity contribution is 6.02. The molecule has 0 aliphatic heterocycles. The molecule has 0 radical (unpaired) electrons. The van der Waals surface area contributed by atoms with Crippen molar-refractivity contribution in [3.63, 3.8) is 0 Å². The van der Waals surface area contributed by atoms with Crippen LogP contribution in [0, 0.1) is 22.7 Å². The number of nitrogens with one attached hydrogen (secondary N) is 2. The first kappa shape index (κ1) is 20.1. The van der Waals surface area contributed by atoms with E-state index in [0.717, 1.165) is 0 Å². The molecule has 0 saturated carbocycles. The molecule has 6 nitrogen and oxygen atoms in total. The van der Waals surface area contributed by atoms with Crippen molar-refractivity contribution in [3.8, 4) is 12.1 Å². The summed E-state index contributed by atoms with van der Waals surface area (Å²) in [5.41, 5.74) is 1.06. The minimum atomic E-state index is -0.505. The molecule has 1 aromatic rings. The molecule has 1 rings (SSSR count). The molecule has 0 fully saturated rings. The SMILES string of the molecule is C=CCNC(=O)/C(C#N)=C/c1cccc(/C=C(\C#N)C(=O)NCC=C)c1. The summed E-state index contributed by atoms with van der Waals surface area (Å²) in [6.07, 6.45) is 5.89. The highest BCUT2D eigenvalue weighted by atomic mass is 16.2. The lowest BCUT2D eigenvalue weighted by Crippen LogP contribution is -2.24. The van der Waals surface area contributed by atoms with Crippen LogP contribution in [0.2, 0.25) is 0 Å². The predicted molar refractivity (Wildman–Crippen MR) is 100 cm³/mol. The summed E-state index contributed by atoms with van der Waals surface area (Å²) in [6, 6.07) is 10.5. The second-order valence-corrected chi connectivity index (χ2v) is 5.01. The second kappa shape index (κ2) is 10.8. The molecular formula is C20H18N4O2. The molecule has 2 amide bonds. The minimum Gasteiger partial charge on any atom is -0.348 e. The van der Waals surface area contributed by atoms with E-state index in [0.29, 0.717) is 11.1 Å². The van der Waals surface area contributed by atoms with Crippen LogP contribution in [0.15, 0.2) is 60.7 Å². The zero-order valence-electron chi connectivity index (χ0n) is 14.2. The normalized spacial score (nSPS) is 10.8. The van der Waals surface area contributed by atoms with Gasteiger partial charge in [0, 0.05) is 13.1 Å². The Morgan fingerprint density at radius 1 is 0.923 bits per heavy atom. The van der Waals surface area contributed by atoms with Gasteiger partial charge < -0.3 is 10.6 Å². The smallest absolute Gasteiger partial charge is 0.262 e. The van der Waals surface area contributed by atoms with E-state index in [-0.39, 0.29) is 24.2 Å². The Morgan fingerprint density at radius 3 is 1.69 bits per heavy atom. The molecule has 0 unspecified atom stereocenters. The fourth-order valence-corrected chi connectivity index (χ4v) is 1.89. The topological polar surface area (TPSA) is 106 Å². The van der Waals surface area contributed by atoms with Gasteiger partial charge in [0.2, 0.25) is 0 Å². The fourth-order valence-electron chi connectivity index (χ4n) is 1.89. The number of carbonyl (C=O) groups excluding carboxylic acids is 2. The zero-order chi connectivity index (χ0) is 19.4. The molecule has 0 heterocycles. The van der Waals surface area contributed by atoms with Crippen molar-refractivity contribution in [3.05, 3.63) is 71.8 Å². The molecule has 0 saturated heterocycles. The summed E-state index contributed by atoms with van der Waals surface area (Å²) >= 11 is 0. The summed E-state index contributed by atoms with van der Waals surface area (Å²) in [7, 11) is 0. The Bertz CT molecular complexity index is 784. The van der Waals surface area contributed by atoms with Crippen molar-refractivity contribution < 1.29 is 9.59 Å². The molecule has 26 heavy (non-hydrogen) atoms. The Balaban J connectivity index is 3.10. The number of nitrogens with zero attached hydrogens (tertiary/aromatic N) is 2. The number of hydrogen-bond acceptors (Lipinski definition) is 4. The first-order valence-electron chi connectivity index (χ1n) is 7.67. The van der Waals surface area contributed by atoms with Crippen LogP contribution in [0.3, 0.4) is 0 Å². The fraction of sp³-hybridized carbons (Fsp3) is 0.100. The second-order valence-electron chi connectivity index (χ2n) is 5.01. The van der Waals surface area contributed by atoms with Gasteiger partial charge in [-0.05, 0) is 29.3 Å². The van der Waals surface area contributed by atoms with Gasteiger partial charge in [-0.2, -0.15) is 10.5 Å². The Kier molecular flexibility index (Phi) is 8.36. The van der Waals surface area contributed by atoms with Gasteiger partial charge in [0.05, 0.1) is 0 Å². The highest BCUT2D eigenvalue weighted by Crippen LogP contribution is 2.13. The van der Waals surface area contributed by atoms with Crippen molar-refractivity contribution in [2.24, 2.45) is 0 Å². The maximum Gasteiger partial charge on any atom is 0.262 e. The molecule has 6 heteroatoms. The Labute approximate surface area is 152 Å². The average molecular weight is 346 g/mol. The first-order chi connectivity index (χ1) is 12.5. The molecule has 0 bridgehead atoms. The lowest BCUT2D eigenvalue weighted by molar-refractivity contribution is -0.117. The average Bonchev–Trinajstić information content (AvgIpc) is 2.66. The summed E-state index contributed by atoms with van der Waals surface area (Å²) in [6.45, 7) is 7.50. The van der Waals surface area contributed by atoms with Crippen molar-refractivity contribution >= 4 is 24.0 Å². The molecule has 1 aromatic carbocycles. The number of amides is 2. The largest absolute Gasteiger partial charge is 0.348 e. The Hall–Kier alpha value is -3.90. The third kappa shape index (κ3) is 6.31. The van der Waals surface area contributed by atoms with Crippen LogP contribution in [-0.4, -0.2) is 24.9 Å². The van der Waals surface area contributed by atoms with Gasteiger partial charge in [-0.25, -0.2) is 0 Å². The highest BCUT2D eigenvalue weighted by Gasteiger charge is 2.09. The number of rotatable bonds is 8. The van der Waals surface area contributed by atoms with Gasteiger partial charge in [-0.15, -0.1) is 13.2 Å². The summed E-state index contributed by atoms with van der Waals surface area (Å²) < 4.78 is 0. The van der Waals surface area contributed by atoms with E-state index < -0.39 is 11.8 Å². The minimum absolute atomic E-state index is 0.0581. The van der Waals surface area contributed by atoms with Crippen molar-refractivity contribution in [1.29, 1.82) is 10.5 Å². The van der Waals surface area contributed by atoms with Gasteiger partial charge >= 0.3 is 0 Å². The number of nitriles is 2. The summed E-state index contributed by atoms with van der Waals surface area (Å²) in [4.78, 5) is 23.7. The molecule has 0 aliphatic rings. The molecule has 0 aliphatic carbocycles. The molecule has 2 N–H and O–H groups in total. The standard InChI is InChI=1S/C20H18N4O2/c1-3-8-23-19(25)17(13-21)11-15-6-5-7-16(10-15)12-18(14-22)20(26)24-9-4-2/h3-7,10-12H,1-2,8-9H2,(H,23,25)(H,24,26)/b17-11+,18-12+. The van der Waals surface area contributed by atoms with E-state index in [2.05, 4.69) is 23.8 Å². The van der Waals surface area contributed by atoms with Gasteiger partial charge in [0.15, 0.2) is 0 Å². The lowest BCUT2D eigenvalue weighted by atomic mass is 10.1. The number of hydrogen-bond donors (Lipinski definition) is 2. The van der Waals surface area contributed by atoms with E-state index in [1.807, 2.05) is 12.1 Å². The molecule has 0 spiro atoms. The van der Waals surface area contributed by atoms with E-state index in [1.165, 1.54) is 24.3 Å². The van der Waals surface area contributed by atoms with Gasteiger partial charge in [-0.3, -0.25) is 9.59 Å². The van der Waals surface area contributed by atoms with Crippen LogP contribution < -0.4 is 10.6 Å². The Morgan fingerprint density at radius 2 is 1.35 bits per heavy atom. The van der Waals surface area contributed by atoms with E-state index >= 15 is 0 Å².